The molecule has 2 aromatic carbocycles. The molecule has 0 aliphatic rings. The van der Waals surface area contributed by atoms with Gasteiger partial charge in [0.1, 0.15) is 10.8 Å². The first kappa shape index (κ1) is 20.9. The summed E-state index contributed by atoms with van der Waals surface area (Å²) < 4.78 is 44.6. The molecule has 0 unspecified atom stereocenters. The minimum Gasteiger partial charge on any atom is -0.491 e. The average molecular weight is 420 g/mol. The number of thiazole rings is 1. The maximum Gasteiger partial charge on any atom is 0.416 e. The number of nitrogens with zero attached hydrogens (tertiary/aromatic N) is 1. The van der Waals surface area contributed by atoms with Crippen LogP contribution in [0, 0.1) is 0 Å². The van der Waals surface area contributed by atoms with Gasteiger partial charge in [-0.1, -0.05) is 37.3 Å². The first-order valence-corrected chi connectivity index (χ1v) is 9.88. The Kier molecular flexibility index (Phi) is 6.53. The molecule has 0 atom stereocenters. The van der Waals surface area contributed by atoms with E-state index in [1.54, 1.807) is 5.38 Å². The molecular formula is C21H19F3N2O2S. The molecule has 0 aliphatic heterocycles. The lowest BCUT2D eigenvalue weighted by atomic mass is 10.1. The molecule has 3 rings (SSSR count). The number of rotatable bonds is 7. The van der Waals surface area contributed by atoms with Crippen molar-refractivity contribution in [2.24, 2.45) is 0 Å². The fraction of sp³-hybridized carbons (Fsp3) is 0.238. The fourth-order valence-corrected chi connectivity index (χ4v) is 3.43. The summed E-state index contributed by atoms with van der Waals surface area (Å²) in [6.07, 6.45) is -3.87. The summed E-state index contributed by atoms with van der Waals surface area (Å²) in [6.45, 7) is 2.22. The topological polar surface area (TPSA) is 51.2 Å². The molecule has 0 saturated heterocycles. The van der Waals surface area contributed by atoms with Crippen molar-refractivity contribution < 1.29 is 22.7 Å². The number of amides is 1. The van der Waals surface area contributed by atoms with Gasteiger partial charge in [0.05, 0.1) is 30.0 Å². The van der Waals surface area contributed by atoms with E-state index in [0.29, 0.717) is 18.7 Å². The second-order valence-corrected chi connectivity index (χ2v) is 7.15. The van der Waals surface area contributed by atoms with Crippen LogP contribution in [0.3, 0.4) is 0 Å². The molecule has 8 heteroatoms. The number of ether oxygens (including phenoxy) is 1. The number of nitrogens with one attached hydrogen (secondary N) is 1. The average Bonchev–Trinajstić information content (AvgIpc) is 3.15. The molecule has 1 aromatic heterocycles. The molecule has 29 heavy (non-hydrogen) atoms. The molecule has 0 radical (unpaired) electrons. The zero-order chi connectivity index (χ0) is 20.9. The second kappa shape index (κ2) is 9.09. The van der Waals surface area contributed by atoms with Gasteiger partial charge in [-0.25, -0.2) is 4.98 Å². The van der Waals surface area contributed by atoms with E-state index in [1.807, 2.05) is 37.3 Å². The highest BCUT2D eigenvalue weighted by Crippen LogP contribution is 2.35. The van der Waals surface area contributed by atoms with E-state index in [1.165, 1.54) is 17.4 Å². The first-order chi connectivity index (χ1) is 13.9. The monoisotopic (exact) mass is 420 g/mol. The molecule has 0 bridgehead atoms. The molecule has 1 N–H and O–H groups in total. The number of anilines is 1. The van der Waals surface area contributed by atoms with Gasteiger partial charge in [0, 0.05) is 10.9 Å². The Bertz CT molecular complexity index is 972. The van der Waals surface area contributed by atoms with Crippen molar-refractivity contribution in [3.05, 3.63) is 65.2 Å². The van der Waals surface area contributed by atoms with Gasteiger partial charge in [0.25, 0.3) is 0 Å². The Morgan fingerprint density at radius 2 is 1.93 bits per heavy atom. The quantitative estimate of drug-likeness (QED) is 0.526. The Morgan fingerprint density at radius 3 is 2.62 bits per heavy atom. The van der Waals surface area contributed by atoms with Gasteiger partial charge in [-0.05, 0) is 24.6 Å². The Morgan fingerprint density at radius 1 is 1.17 bits per heavy atom. The Balaban J connectivity index is 1.75. The SMILES string of the molecule is CCCOc1ccc(C(F)(F)F)cc1NC(=O)Cc1csc(-c2ccccc2)n1. The Labute approximate surface area is 170 Å². The van der Waals surface area contributed by atoms with Crippen LogP contribution in [0.25, 0.3) is 10.6 Å². The molecule has 1 heterocycles. The number of hydrogen-bond donors (Lipinski definition) is 1. The van der Waals surface area contributed by atoms with Gasteiger partial charge in [-0.3, -0.25) is 4.79 Å². The highest BCUT2D eigenvalue weighted by Gasteiger charge is 2.31. The smallest absolute Gasteiger partial charge is 0.416 e. The van der Waals surface area contributed by atoms with E-state index in [0.717, 1.165) is 22.7 Å². The molecular weight excluding hydrogens is 401 g/mol. The molecule has 152 valence electrons. The molecule has 4 nitrogen and oxygen atoms in total. The van der Waals surface area contributed by atoms with Crippen molar-refractivity contribution >= 4 is 22.9 Å². The van der Waals surface area contributed by atoms with Crippen molar-refractivity contribution in [2.45, 2.75) is 25.9 Å². The molecule has 1 amide bonds. The van der Waals surface area contributed by atoms with Gasteiger partial charge in [0.2, 0.25) is 5.91 Å². The van der Waals surface area contributed by atoms with Crippen molar-refractivity contribution in [2.75, 3.05) is 11.9 Å². The van der Waals surface area contributed by atoms with Crippen LogP contribution in [0.1, 0.15) is 24.6 Å². The number of alkyl halides is 3. The zero-order valence-corrected chi connectivity index (χ0v) is 16.4. The lowest BCUT2D eigenvalue weighted by Gasteiger charge is -2.15. The first-order valence-electron chi connectivity index (χ1n) is 9.00. The number of benzene rings is 2. The van der Waals surface area contributed by atoms with Crippen molar-refractivity contribution in [1.82, 2.24) is 4.98 Å². The van der Waals surface area contributed by atoms with Crippen molar-refractivity contribution in [1.29, 1.82) is 0 Å². The standard InChI is InChI=1S/C21H19F3N2O2S/c1-2-10-28-18-9-8-15(21(22,23)24)11-17(18)26-19(27)12-16-13-29-20(25-16)14-6-4-3-5-7-14/h3-9,11,13H,2,10,12H2,1H3,(H,26,27). The summed E-state index contributed by atoms with van der Waals surface area (Å²) in [5.41, 5.74) is 0.639. The largest absolute Gasteiger partial charge is 0.491 e. The molecule has 3 aromatic rings. The zero-order valence-electron chi connectivity index (χ0n) is 15.6. The maximum absolute atomic E-state index is 13.0. The molecule has 0 aliphatic carbocycles. The minimum absolute atomic E-state index is 0.00297. The molecule has 0 fully saturated rings. The number of carbonyl (C=O) groups excluding carboxylic acids is 1. The van der Waals surface area contributed by atoms with Gasteiger partial charge >= 0.3 is 6.18 Å². The predicted octanol–water partition coefficient (Wildman–Crippen LogP) is 5.80. The highest BCUT2D eigenvalue weighted by atomic mass is 32.1. The van der Waals surface area contributed by atoms with Crippen LogP contribution < -0.4 is 10.1 Å². The van der Waals surface area contributed by atoms with E-state index < -0.39 is 17.6 Å². The van der Waals surface area contributed by atoms with Crippen molar-refractivity contribution in [3.8, 4) is 16.3 Å². The third kappa shape index (κ3) is 5.57. The number of carbonyl (C=O) groups is 1. The van der Waals surface area contributed by atoms with Crippen LogP contribution in [-0.2, 0) is 17.4 Å². The van der Waals surface area contributed by atoms with Crippen LogP contribution in [0.2, 0.25) is 0 Å². The van der Waals surface area contributed by atoms with Crippen LogP contribution in [0.5, 0.6) is 5.75 Å². The molecule has 0 saturated carbocycles. The summed E-state index contributed by atoms with van der Waals surface area (Å²) in [4.78, 5) is 16.9. The summed E-state index contributed by atoms with van der Waals surface area (Å²) in [6, 6.07) is 12.6. The fourth-order valence-electron chi connectivity index (χ4n) is 2.60. The second-order valence-electron chi connectivity index (χ2n) is 6.29. The lowest BCUT2D eigenvalue weighted by Crippen LogP contribution is -2.16. The van der Waals surface area contributed by atoms with Crippen LogP contribution in [0.15, 0.2) is 53.9 Å². The van der Waals surface area contributed by atoms with E-state index in [4.69, 9.17) is 4.74 Å². The third-order valence-corrected chi connectivity index (χ3v) is 4.90. The molecule has 0 spiro atoms. The summed E-state index contributed by atoms with van der Waals surface area (Å²) >= 11 is 1.41. The van der Waals surface area contributed by atoms with Crippen LogP contribution in [0.4, 0.5) is 18.9 Å². The predicted molar refractivity (Wildman–Crippen MR) is 107 cm³/mol. The lowest BCUT2D eigenvalue weighted by molar-refractivity contribution is -0.137. The minimum atomic E-state index is -4.51. The number of aromatic nitrogens is 1. The Hall–Kier alpha value is -2.87. The third-order valence-electron chi connectivity index (χ3n) is 3.96. The highest BCUT2D eigenvalue weighted by molar-refractivity contribution is 7.13. The summed E-state index contributed by atoms with van der Waals surface area (Å²) in [5.74, 6) is -0.257. The normalized spacial score (nSPS) is 11.3. The number of hydrogen-bond acceptors (Lipinski definition) is 4. The van der Waals surface area contributed by atoms with Crippen LogP contribution in [-0.4, -0.2) is 17.5 Å². The van der Waals surface area contributed by atoms with Crippen molar-refractivity contribution in [3.63, 3.8) is 0 Å². The van der Waals surface area contributed by atoms with Gasteiger partial charge in [-0.2, -0.15) is 13.2 Å². The summed E-state index contributed by atoms with van der Waals surface area (Å²) in [5, 5.41) is 5.07. The van der Waals surface area contributed by atoms with E-state index in [9.17, 15) is 18.0 Å². The van der Waals surface area contributed by atoms with Gasteiger partial charge in [0.15, 0.2) is 0 Å². The van der Waals surface area contributed by atoms with E-state index in [2.05, 4.69) is 10.3 Å². The number of halogens is 3. The maximum atomic E-state index is 13.0. The van der Waals surface area contributed by atoms with E-state index >= 15 is 0 Å². The van der Waals surface area contributed by atoms with E-state index in [-0.39, 0.29) is 17.9 Å². The van der Waals surface area contributed by atoms with Gasteiger partial charge in [-0.15, -0.1) is 11.3 Å². The van der Waals surface area contributed by atoms with Gasteiger partial charge < -0.3 is 10.1 Å². The van der Waals surface area contributed by atoms with Crippen LogP contribution >= 0.6 is 11.3 Å². The summed E-state index contributed by atoms with van der Waals surface area (Å²) in [7, 11) is 0.